The first-order valence-corrected chi connectivity index (χ1v) is 11.0. The molecule has 0 radical (unpaired) electrons. The van der Waals surface area contributed by atoms with E-state index < -0.39 is 6.09 Å². The lowest BCUT2D eigenvalue weighted by atomic mass is 9.84. The molecule has 2 aliphatic rings. The molecule has 1 aliphatic carbocycles. The zero-order valence-corrected chi connectivity index (χ0v) is 16.6. The van der Waals surface area contributed by atoms with Gasteiger partial charge >= 0.3 is 6.09 Å². The minimum absolute atomic E-state index is 0.169. The molecule has 1 saturated carbocycles. The van der Waals surface area contributed by atoms with Crippen LogP contribution in [0.4, 0.5) is 10.5 Å². The van der Waals surface area contributed by atoms with Gasteiger partial charge in [-0.15, -0.1) is 11.3 Å². The number of nitrogens with one attached hydrogen (secondary N) is 1. The van der Waals surface area contributed by atoms with Crippen molar-refractivity contribution in [2.24, 2.45) is 5.92 Å². The van der Waals surface area contributed by atoms with E-state index in [4.69, 9.17) is 5.11 Å². The summed E-state index contributed by atoms with van der Waals surface area (Å²) in [6.07, 6.45) is 4.68. The van der Waals surface area contributed by atoms with Crippen molar-refractivity contribution in [1.82, 2.24) is 10.2 Å². The van der Waals surface area contributed by atoms with Crippen LogP contribution in [0.25, 0.3) is 10.1 Å². The smallest absolute Gasteiger partial charge is 0.404 e. The van der Waals surface area contributed by atoms with Crippen molar-refractivity contribution in [3.63, 3.8) is 0 Å². The Morgan fingerprint density at radius 3 is 2.63 bits per heavy atom. The van der Waals surface area contributed by atoms with Gasteiger partial charge in [-0.25, -0.2) is 4.79 Å². The first-order valence-electron chi connectivity index (χ1n) is 10.1. The van der Waals surface area contributed by atoms with E-state index in [9.17, 15) is 4.79 Å². The molecule has 0 atom stereocenters. The normalized spacial score (nSPS) is 24.2. The number of hydrogen-bond acceptors (Lipinski definition) is 4. The van der Waals surface area contributed by atoms with E-state index in [2.05, 4.69) is 44.8 Å². The van der Waals surface area contributed by atoms with Gasteiger partial charge in [0.2, 0.25) is 0 Å². The van der Waals surface area contributed by atoms with Gasteiger partial charge in [0.05, 0.1) is 10.4 Å². The second kappa shape index (κ2) is 8.48. The first-order chi connectivity index (χ1) is 13.2. The topological polar surface area (TPSA) is 55.8 Å². The zero-order chi connectivity index (χ0) is 18.6. The van der Waals surface area contributed by atoms with Gasteiger partial charge in [0, 0.05) is 32.2 Å². The summed E-state index contributed by atoms with van der Waals surface area (Å²) < 4.78 is 1.41. The second-order valence-electron chi connectivity index (χ2n) is 7.90. The number of carboxylic acid groups (broad SMARTS) is 1. The fraction of sp³-hybridized carbons (Fsp3) is 0.571. The van der Waals surface area contributed by atoms with Crippen LogP contribution >= 0.6 is 11.3 Å². The van der Waals surface area contributed by atoms with Gasteiger partial charge in [0.15, 0.2) is 0 Å². The van der Waals surface area contributed by atoms with Crippen LogP contribution in [-0.2, 0) is 0 Å². The average molecular weight is 388 g/mol. The molecule has 0 spiro atoms. The lowest BCUT2D eigenvalue weighted by molar-refractivity contribution is 0.177. The molecular formula is C21H29N3O2S. The van der Waals surface area contributed by atoms with E-state index >= 15 is 0 Å². The molecule has 0 unspecified atom stereocenters. The molecule has 1 saturated heterocycles. The summed E-state index contributed by atoms with van der Waals surface area (Å²) in [5, 5.41) is 15.0. The summed E-state index contributed by atoms with van der Waals surface area (Å²) in [6, 6.07) is 9.01. The summed E-state index contributed by atoms with van der Waals surface area (Å²) in [5.41, 5.74) is 1.39. The van der Waals surface area contributed by atoms with E-state index in [-0.39, 0.29) is 6.04 Å². The molecule has 4 rings (SSSR count). The van der Waals surface area contributed by atoms with Gasteiger partial charge < -0.3 is 15.3 Å². The van der Waals surface area contributed by atoms with Crippen LogP contribution in [0.5, 0.6) is 0 Å². The number of fused-ring (bicyclic) bond motifs is 1. The predicted molar refractivity (Wildman–Crippen MR) is 112 cm³/mol. The highest BCUT2D eigenvalue weighted by Gasteiger charge is 2.24. The first kappa shape index (κ1) is 18.6. The Balaban J connectivity index is 1.21. The highest BCUT2D eigenvalue weighted by atomic mass is 32.1. The van der Waals surface area contributed by atoms with E-state index in [1.54, 1.807) is 0 Å². The number of rotatable bonds is 5. The van der Waals surface area contributed by atoms with Crippen LogP contribution in [0, 0.1) is 5.92 Å². The maximum absolute atomic E-state index is 10.7. The number of hydrogen-bond donors (Lipinski definition) is 2. The highest BCUT2D eigenvalue weighted by molar-refractivity contribution is 7.17. The molecule has 1 aliphatic heterocycles. The van der Waals surface area contributed by atoms with Crippen LogP contribution in [0.2, 0.25) is 0 Å². The molecule has 27 heavy (non-hydrogen) atoms. The van der Waals surface area contributed by atoms with Crippen molar-refractivity contribution in [3.8, 4) is 0 Å². The molecule has 1 aromatic heterocycles. The average Bonchev–Trinajstić information content (AvgIpc) is 3.16. The van der Waals surface area contributed by atoms with Gasteiger partial charge in [-0.2, -0.15) is 0 Å². The Hall–Kier alpha value is -1.79. The number of amides is 1. The van der Waals surface area contributed by atoms with Crippen molar-refractivity contribution < 1.29 is 9.90 Å². The van der Waals surface area contributed by atoms with Crippen LogP contribution < -0.4 is 10.2 Å². The van der Waals surface area contributed by atoms with E-state index in [1.807, 2.05) is 11.3 Å². The van der Waals surface area contributed by atoms with Gasteiger partial charge in [0.25, 0.3) is 0 Å². The fourth-order valence-electron chi connectivity index (χ4n) is 4.57. The molecule has 0 bridgehead atoms. The Labute approximate surface area is 165 Å². The molecule has 2 N–H and O–H groups in total. The molecule has 2 aromatic rings. The number of piperazine rings is 1. The number of nitrogens with zero attached hydrogens (tertiary/aromatic N) is 2. The van der Waals surface area contributed by atoms with Crippen LogP contribution in [-0.4, -0.2) is 54.9 Å². The number of benzene rings is 1. The standard InChI is InChI=1S/C21H29N3O2S/c25-21(26)22-18-6-4-16(5-7-18)8-10-23-11-13-24(14-12-23)19-3-1-2-17-9-15-27-20(17)19/h1-3,9,15-16,18,22H,4-8,10-14H2,(H,25,26)/t16-,18-. The Kier molecular flexibility index (Phi) is 5.83. The van der Waals surface area contributed by atoms with Crippen molar-refractivity contribution in [1.29, 1.82) is 0 Å². The molecule has 2 heterocycles. The van der Waals surface area contributed by atoms with Crippen LogP contribution in [0.1, 0.15) is 32.1 Å². The summed E-state index contributed by atoms with van der Waals surface area (Å²) >= 11 is 1.84. The molecule has 1 aromatic carbocycles. The minimum Gasteiger partial charge on any atom is -0.465 e. The van der Waals surface area contributed by atoms with Gasteiger partial charge in [-0.05, 0) is 67.5 Å². The minimum atomic E-state index is -0.880. The summed E-state index contributed by atoms with van der Waals surface area (Å²) in [7, 11) is 0. The third kappa shape index (κ3) is 4.55. The molecule has 1 amide bonds. The second-order valence-corrected chi connectivity index (χ2v) is 8.82. The summed E-state index contributed by atoms with van der Waals surface area (Å²) in [5.74, 6) is 0.759. The monoisotopic (exact) mass is 387 g/mol. The van der Waals surface area contributed by atoms with Crippen molar-refractivity contribution in [2.45, 2.75) is 38.1 Å². The molecular weight excluding hydrogens is 358 g/mol. The van der Waals surface area contributed by atoms with Crippen LogP contribution in [0.3, 0.4) is 0 Å². The fourth-order valence-corrected chi connectivity index (χ4v) is 5.51. The van der Waals surface area contributed by atoms with E-state index in [0.29, 0.717) is 0 Å². The third-order valence-corrected chi connectivity index (χ3v) is 7.15. The Bertz CT molecular complexity index is 762. The largest absolute Gasteiger partial charge is 0.465 e. The Morgan fingerprint density at radius 1 is 1.11 bits per heavy atom. The van der Waals surface area contributed by atoms with Gasteiger partial charge in [-0.3, -0.25) is 4.90 Å². The summed E-state index contributed by atoms with van der Waals surface area (Å²) in [6.45, 7) is 5.66. The molecule has 146 valence electrons. The number of thiophene rings is 1. The van der Waals surface area contributed by atoms with Crippen molar-refractivity contribution >= 4 is 33.2 Å². The maximum Gasteiger partial charge on any atom is 0.404 e. The van der Waals surface area contributed by atoms with E-state index in [0.717, 1.165) is 57.8 Å². The molecule has 2 fully saturated rings. The van der Waals surface area contributed by atoms with E-state index in [1.165, 1.54) is 28.7 Å². The SMILES string of the molecule is O=C(O)N[C@H]1CC[C@H](CCN2CCN(c3cccc4ccsc34)CC2)CC1. The van der Waals surface area contributed by atoms with Gasteiger partial charge in [-0.1, -0.05) is 12.1 Å². The Morgan fingerprint density at radius 2 is 1.89 bits per heavy atom. The van der Waals surface area contributed by atoms with Crippen molar-refractivity contribution in [3.05, 3.63) is 29.6 Å². The van der Waals surface area contributed by atoms with Crippen LogP contribution in [0.15, 0.2) is 29.6 Å². The quantitative estimate of drug-likeness (QED) is 0.806. The number of carbonyl (C=O) groups is 1. The predicted octanol–water partition coefficient (Wildman–Crippen LogP) is 4.24. The number of anilines is 1. The summed E-state index contributed by atoms with van der Waals surface area (Å²) in [4.78, 5) is 15.9. The highest BCUT2D eigenvalue weighted by Crippen LogP contribution is 2.32. The maximum atomic E-state index is 10.7. The van der Waals surface area contributed by atoms with Gasteiger partial charge in [0.1, 0.15) is 0 Å². The zero-order valence-electron chi connectivity index (χ0n) is 15.8. The molecule has 5 nitrogen and oxygen atoms in total. The third-order valence-electron chi connectivity index (χ3n) is 6.20. The van der Waals surface area contributed by atoms with Crippen molar-refractivity contribution in [2.75, 3.05) is 37.6 Å². The lowest BCUT2D eigenvalue weighted by Gasteiger charge is -2.37. The molecule has 6 heteroatoms. The lowest BCUT2D eigenvalue weighted by Crippen LogP contribution is -2.47.